The van der Waals surface area contributed by atoms with E-state index in [2.05, 4.69) is 22.6 Å². The number of nitrogens with one attached hydrogen (secondary N) is 1. The minimum Gasteiger partial charge on any atom is -0.494 e. The van der Waals surface area contributed by atoms with Crippen molar-refractivity contribution in [1.82, 2.24) is 14.5 Å². The number of likely N-dealkylation sites (tertiary alicyclic amines) is 1. The van der Waals surface area contributed by atoms with E-state index in [1.165, 1.54) is 0 Å². The molecule has 0 bridgehead atoms. The van der Waals surface area contributed by atoms with Gasteiger partial charge in [-0.1, -0.05) is 19.9 Å². The van der Waals surface area contributed by atoms with Crippen molar-refractivity contribution in [3.63, 3.8) is 0 Å². The highest BCUT2D eigenvalue weighted by Gasteiger charge is 2.29. The van der Waals surface area contributed by atoms with Crippen LogP contribution in [0.25, 0.3) is 11.0 Å². The number of aromatic nitrogens is 2. The van der Waals surface area contributed by atoms with E-state index in [1.54, 1.807) is 37.6 Å². The molecule has 1 saturated heterocycles. The lowest BCUT2D eigenvalue weighted by atomic mass is 9.89. The maximum Gasteiger partial charge on any atom is 0.255 e. The van der Waals surface area contributed by atoms with Crippen LogP contribution >= 0.6 is 0 Å². The first kappa shape index (κ1) is 23.3. The lowest BCUT2D eigenvalue weighted by Crippen LogP contribution is -2.40. The minimum absolute atomic E-state index is 0.00146. The summed E-state index contributed by atoms with van der Waals surface area (Å²) in [5.41, 5.74) is 3.16. The Labute approximate surface area is 199 Å². The van der Waals surface area contributed by atoms with Gasteiger partial charge in [-0.05, 0) is 42.5 Å². The Morgan fingerprint density at radius 1 is 1.26 bits per heavy atom. The number of methoxy groups -OCH3 is 1. The minimum atomic E-state index is -0.338. The summed E-state index contributed by atoms with van der Waals surface area (Å²) < 4.78 is 7.76. The number of aryl methyl sites for hydroxylation is 1. The molecule has 1 aromatic carbocycles. The summed E-state index contributed by atoms with van der Waals surface area (Å²) in [4.78, 5) is 31.8. The number of nitriles is 1. The van der Waals surface area contributed by atoms with Crippen LogP contribution in [0, 0.1) is 17.2 Å². The van der Waals surface area contributed by atoms with Crippen LogP contribution in [0.15, 0.2) is 36.7 Å². The number of carbonyl (C=O) groups is 2. The third kappa shape index (κ3) is 4.34. The van der Waals surface area contributed by atoms with Crippen LogP contribution in [-0.2, 0) is 11.8 Å². The SMILES string of the molecule is COc1c(NC(=O)c2cccc(C#N)c2)cnc2c1c(C1CCN(C(=O)C(C)C)CC1)cn2C. The molecule has 176 valence electrons. The number of rotatable bonds is 5. The molecule has 8 nitrogen and oxygen atoms in total. The Morgan fingerprint density at radius 3 is 2.65 bits per heavy atom. The van der Waals surface area contributed by atoms with Gasteiger partial charge in [-0.15, -0.1) is 0 Å². The number of nitrogens with zero attached hydrogens (tertiary/aromatic N) is 4. The van der Waals surface area contributed by atoms with E-state index in [0.29, 0.717) is 22.6 Å². The maximum absolute atomic E-state index is 12.9. The number of carbonyl (C=O) groups excluding carboxylic acids is 2. The fourth-order valence-corrected chi connectivity index (χ4v) is 4.66. The van der Waals surface area contributed by atoms with Crippen molar-refractivity contribution in [2.24, 2.45) is 13.0 Å². The van der Waals surface area contributed by atoms with Gasteiger partial charge in [0.25, 0.3) is 5.91 Å². The molecule has 1 aliphatic rings. The average molecular weight is 460 g/mol. The van der Waals surface area contributed by atoms with Crippen molar-refractivity contribution < 1.29 is 14.3 Å². The Morgan fingerprint density at radius 2 is 2.00 bits per heavy atom. The van der Waals surface area contributed by atoms with Crippen molar-refractivity contribution >= 4 is 28.5 Å². The number of pyridine rings is 1. The van der Waals surface area contributed by atoms with Crippen LogP contribution in [0.5, 0.6) is 5.75 Å². The molecule has 3 aromatic rings. The highest BCUT2D eigenvalue weighted by Crippen LogP contribution is 2.41. The second-order valence-corrected chi connectivity index (χ2v) is 9.00. The smallest absolute Gasteiger partial charge is 0.255 e. The van der Waals surface area contributed by atoms with Gasteiger partial charge in [0.05, 0.1) is 30.3 Å². The quantitative estimate of drug-likeness (QED) is 0.620. The number of amides is 2. The Kier molecular flexibility index (Phi) is 6.55. The molecular formula is C26H29N5O3. The van der Waals surface area contributed by atoms with Crippen LogP contribution in [0.3, 0.4) is 0 Å². The number of hydrogen-bond acceptors (Lipinski definition) is 5. The standard InChI is InChI=1S/C26H29N5O3/c1-16(2)26(33)31-10-8-18(9-11-31)20-15-30(3)24-22(20)23(34-4)21(14-28-24)29-25(32)19-7-5-6-17(12-19)13-27/h5-7,12,14-16,18H,8-11H2,1-4H3,(H,29,32). The summed E-state index contributed by atoms with van der Waals surface area (Å²) in [6.07, 6.45) is 5.39. The van der Waals surface area contributed by atoms with Crippen molar-refractivity contribution in [3.05, 3.63) is 53.3 Å². The molecule has 2 amide bonds. The Hall–Kier alpha value is -3.86. The van der Waals surface area contributed by atoms with Crippen LogP contribution < -0.4 is 10.1 Å². The molecule has 34 heavy (non-hydrogen) atoms. The van der Waals surface area contributed by atoms with Gasteiger partial charge in [-0.3, -0.25) is 9.59 Å². The molecule has 0 atom stereocenters. The van der Waals surface area contributed by atoms with Crippen molar-refractivity contribution in [2.75, 3.05) is 25.5 Å². The number of anilines is 1. The van der Waals surface area contributed by atoms with Gasteiger partial charge >= 0.3 is 0 Å². The van der Waals surface area contributed by atoms with E-state index in [9.17, 15) is 9.59 Å². The van der Waals surface area contributed by atoms with Crippen LogP contribution in [0.4, 0.5) is 5.69 Å². The molecule has 0 spiro atoms. The zero-order chi connectivity index (χ0) is 24.4. The van der Waals surface area contributed by atoms with Gasteiger partial charge in [-0.2, -0.15) is 5.26 Å². The van der Waals surface area contributed by atoms with Gasteiger partial charge in [0.2, 0.25) is 5.91 Å². The molecule has 8 heteroatoms. The van der Waals surface area contributed by atoms with Gasteiger partial charge in [0.15, 0.2) is 5.75 Å². The number of benzene rings is 1. The maximum atomic E-state index is 12.9. The molecule has 1 N–H and O–H groups in total. The monoisotopic (exact) mass is 459 g/mol. The van der Waals surface area contributed by atoms with E-state index in [1.807, 2.05) is 30.4 Å². The number of ether oxygens (including phenoxy) is 1. The summed E-state index contributed by atoms with van der Waals surface area (Å²) in [7, 11) is 3.53. The van der Waals surface area contributed by atoms with E-state index in [-0.39, 0.29) is 23.7 Å². The average Bonchev–Trinajstić information content (AvgIpc) is 3.19. The lowest BCUT2D eigenvalue weighted by molar-refractivity contribution is -0.135. The predicted octanol–water partition coefficient (Wildman–Crippen LogP) is 4.07. The third-order valence-corrected chi connectivity index (χ3v) is 6.41. The van der Waals surface area contributed by atoms with Crippen LogP contribution in [-0.4, -0.2) is 46.5 Å². The largest absolute Gasteiger partial charge is 0.494 e. The molecule has 0 radical (unpaired) electrons. The van der Waals surface area contributed by atoms with E-state index < -0.39 is 0 Å². The molecule has 0 aliphatic carbocycles. The third-order valence-electron chi connectivity index (χ3n) is 6.41. The molecule has 0 unspecified atom stereocenters. The molecule has 0 saturated carbocycles. The molecule has 1 fully saturated rings. The van der Waals surface area contributed by atoms with Gasteiger partial charge in [0, 0.05) is 37.8 Å². The fraction of sp³-hybridized carbons (Fsp3) is 0.385. The summed E-state index contributed by atoms with van der Waals surface area (Å²) in [5, 5.41) is 12.9. The van der Waals surface area contributed by atoms with Crippen molar-refractivity contribution in [1.29, 1.82) is 5.26 Å². The molecular weight excluding hydrogens is 430 g/mol. The van der Waals surface area contributed by atoms with Crippen molar-refractivity contribution in [3.8, 4) is 11.8 Å². The molecule has 1 aliphatic heterocycles. The highest BCUT2D eigenvalue weighted by molar-refractivity contribution is 6.07. The van der Waals surface area contributed by atoms with Gasteiger partial charge in [0.1, 0.15) is 11.3 Å². The topological polar surface area (TPSA) is 100 Å². The number of fused-ring (bicyclic) bond motifs is 1. The summed E-state index contributed by atoms with van der Waals surface area (Å²) in [5.74, 6) is 0.675. The molecule has 4 rings (SSSR count). The number of hydrogen-bond donors (Lipinski definition) is 1. The Bertz CT molecular complexity index is 1280. The predicted molar refractivity (Wildman–Crippen MR) is 130 cm³/mol. The van der Waals surface area contributed by atoms with E-state index in [4.69, 9.17) is 10.00 Å². The molecule has 2 aromatic heterocycles. The van der Waals surface area contributed by atoms with Crippen molar-refractivity contribution in [2.45, 2.75) is 32.6 Å². The zero-order valence-corrected chi connectivity index (χ0v) is 20.0. The van der Waals surface area contributed by atoms with Gasteiger partial charge in [-0.25, -0.2) is 4.98 Å². The number of piperidine rings is 1. The second kappa shape index (κ2) is 9.56. The summed E-state index contributed by atoms with van der Waals surface area (Å²) in [6, 6.07) is 8.59. The van der Waals surface area contributed by atoms with Crippen LogP contribution in [0.1, 0.15) is 54.1 Å². The Balaban J connectivity index is 1.65. The van der Waals surface area contributed by atoms with E-state index in [0.717, 1.165) is 42.5 Å². The van der Waals surface area contributed by atoms with Crippen LogP contribution in [0.2, 0.25) is 0 Å². The molecule has 3 heterocycles. The lowest BCUT2D eigenvalue weighted by Gasteiger charge is -2.33. The summed E-state index contributed by atoms with van der Waals surface area (Å²) in [6.45, 7) is 5.31. The first-order chi connectivity index (χ1) is 16.3. The second-order valence-electron chi connectivity index (χ2n) is 9.00. The summed E-state index contributed by atoms with van der Waals surface area (Å²) >= 11 is 0. The fourth-order valence-electron chi connectivity index (χ4n) is 4.66. The highest BCUT2D eigenvalue weighted by atomic mass is 16.5. The van der Waals surface area contributed by atoms with E-state index >= 15 is 0 Å². The first-order valence-corrected chi connectivity index (χ1v) is 11.5. The first-order valence-electron chi connectivity index (χ1n) is 11.5. The van der Waals surface area contributed by atoms with Gasteiger partial charge < -0.3 is 19.5 Å². The zero-order valence-electron chi connectivity index (χ0n) is 20.0. The normalized spacial score (nSPS) is 14.3.